The summed E-state index contributed by atoms with van der Waals surface area (Å²) in [7, 11) is 0. The van der Waals surface area contributed by atoms with E-state index in [1.54, 1.807) is 0 Å². The number of nitrogens with zero attached hydrogens (tertiary/aromatic N) is 1. The third-order valence-electron chi connectivity index (χ3n) is 4.99. The first-order valence-electron chi connectivity index (χ1n) is 7.07. The molecule has 1 aromatic heterocycles. The first kappa shape index (κ1) is 11.3. The van der Waals surface area contributed by atoms with Gasteiger partial charge in [0, 0.05) is 22.5 Å². The summed E-state index contributed by atoms with van der Waals surface area (Å²) in [6.45, 7) is 4.52. The molecule has 3 rings (SSSR count). The Hall–Kier alpha value is -0.760. The van der Waals surface area contributed by atoms with Crippen molar-refractivity contribution in [3.63, 3.8) is 0 Å². The van der Waals surface area contributed by atoms with Crippen LogP contribution in [0, 0.1) is 6.92 Å². The number of aliphatic hydroxyl groups excluding tert-OH is 1. The second-order valence-corrected chi connectivity index (χ2v) is 5.86. The molecular formula is C15H23NO. The first-order valence-corrected chi connectivity index (χ1v) is 7.07. The molecule has 17 heavy (non-hydrogen) atoms. The van der Waals surface area contributed by atoms with E-state index in [-0.39, 0.29) is 6.10 Å². The number of aryl methyl sites for hydroxylation is 1. The molecule has 1 fully saturated rings. The molecule has 1 N–H and O–H groups in total. The summed E-state index contributed by atoms with van der Waals surface area (Å²) in [6.07, 6.45) is 8.25. The third-order valence-corrected chi connectivity index (χ3v) is 4.99. The van der Waals surface area contributed by atoms with Crippen LogP contribution in [0.5, 0.6) is 0 Å². The lowest BCUT2D eigenvalue weighted by molar-refractivity contribution is 0.121. The second kappa shape index (κ2) is 3.88. The highest BCUT2D eigenvalue weighted by atomic mass is 16.3. The maximum atomic E-state index is 10.1. The topological polar surface area (TPSA) is 25.2 Å². The van der Waals surface area contributed by atoms with E-state index < -0.39 is 0 Å². The minimum absolute atomic E-state index is 0.215. The fourth-order valence-electron chi connectivity index (χ4n) is 3.86. The summed E-state index contributed by atoms with van der Waals surface area (Å²) in [5, 5.41) is 10.1. The quantitative estimate of drug-likeness (QED) is 0.831. The number of fused-ring (bicyclic) bond motifs is 1. The SMILES string of the molecule is CCC1(n2c(C)cc3c2CCCC3O)CCC1. The molecule has 0 radical (unpaired) electrons. The van der Waals surface area contributed by atoms with Gasteiger partial charge in [-0.2, -0.15) is 0 Å². The number of hydrogen-bond acceptors (Lipinski definition) is 1. The van der Waals surface area contributed by atoms with Gasteiger partial charge in [0.1, 0.15) is 0 Å². The predicted octanol–water partition coefficient (Wildman–Crippen LogP) is 3.46. The summed E-state index contributed by atoms with van der Waals surface area (Å²) >= 11 is 0. The Morgan fingerprint density at radius 1 is 1.41 bits per heavy atom. The third kappa shape index (κ3) is 1.50. The van der Waals surface area contributed by atoms with Crippen molar-refractivity contribution in [1.29, 1.82) is 0 Å². The van der Waals surface area contributed by atoms with Gasteiger partial charge in [-0.15, -0.1) is 0 Å². The van der Waals surface area contributed by atoms with Gasteiger partial charge in [-0.3, -0.25) is 0 Å². The standard InChI is InChI=1S/C15H23NO/c1-3-15(8-5-9-15)16-11(2)10-12-13(16)6-4-7-14(12)17/h10,14,17H,3-9H2,1-2H3. The Kier molecular flexibility index (Phi) is 2.58. The Labute approximate surface area is 104 Å². The van der Waals surface area contributed by atoms with Crippen molar-refractivity contribution < 1.29 is 5.11 Å². The molecule has 0 aliphatic heterocycles. The molecule has 0 spiro atoms. The minimum atomic E-state index is -0.215. The molecule has 1 atom stereocenters. The summed E-state index contributed by atoms with van der Waals surface area (Å²) in [5.41, 5.74) is 4.39. The maximum absolute atomic E-state index is 10.1. The molecule has 1 aromatic rings. The maximum Gasteiger partial charge on any atom is 0.0807 e. The number of rotatable bonds is 2. The molecule has 2 heteroatoms. The molecule has 1 unspecified atom stereocenters. The van der Waals surface area contributed by atoms with Crippen LogP contribution in [-0.2, 0) is 12.0 Å². The summed E-state index contributed by atoms with van der Waals surface area (Å²) in [4.78, 5) is 0. The Balaban J connectivity index is 2.10. The van der Waals surface area contributed by atoms with E-state index in [0.717, 1.165) is 19.3 Å². The van der Waals surface area contributed by atoms with Gasteiger partial charge in [0.15, 0.2) is 0 Å². The molecule has 0 bridgehead atoms. The molecule has 94 valence electrons. The fourth-order valence-corrected chi connectivity index (χ4v) is 3.86. The summed E-state index contributed by atoms with van der Waals surface area (Å²) in [5.74, 6) is 0. The van der Waals surface area contributed by atoms with Crippen LogP contribution in [0.1, 0.15) is 68.5 Å². The first-order chi connectivity index (χ1) is 8.18. The van der Waals surface area contributed by atoms with E-state index in [1.165, 1.54) is 42.6 Å². The van der Waals surface area contributed by atoms with Gasteiger partial charge in [-0.25, -0.2) is 0 Å². The lowest BCUT2D eigenvalue weighted by atomic mass is 9.74. The van der Waals surface area contributed by atoms with E-state index >= 15 is 0 Å². The molecule has 0 amide bonds. The van der Waals surface area contributed by atoms with Gasteiger partial charge in [0.05, 0.1) is 6.10 Å². The zero-order valence-corrected chi connectivity index (χ0v) is 11.0. The van der Waals surface area contributed by atoms with Crippen molar-refractivity contribution in [2.75, 3.05) is 0 Å². The highest BCUT2D eigenvalue weighted by Gasteiger charge is 2.40. The molecule has 0 aromatic carbocycles. The summed E-state index contributed by atoms with van der Waals surface area (Å²) in [6, 6.07) is 2.23. The van der Waals surface area contributed by atoms with Crippen LogP contribution in [0.25, 0.3) is 0 Å². The number of hydrogen-bond donors (Lipinski definition) is 1. The molecule has 0 saturated heterocycles. The molecule has 2 aliphatic rings. The smallest absolute Gasteiger partial charge is 0.0807 e. The van der Waals surface area contributed by atoms with E-state index in [4.69, 9.17) is 0 Å². The van der Waals surface area contributed by atoms with Crippen molar-refractivity contribution >= 4 is 0 Å². The van der Waals surface area contributed by atoms with Crippen LogP contribution >= 0.6 is 0 Å². The normalized spacial score (nSPS) is 26.4. The van der Waals surface area contributed by atoms with Crippen LogP contribution in [0.2, 0.25) is 0 Å². The summed E-state index contributed by atoms with van der Waals surface area (Å²) < 4.78 is 2.58. The van der Waals surface area contributed by atoms with Crippen LogP contribution in [0.15, 0.2) is 6.07 Å². The van der Waals surface area contributed by atoms with Crippen molar-refractivity contribution in [3.05, 3.63) is 23.0 Å². The lowest BCUT2D eigenvalue weighted by Crippen LogP contribution is -2.41. The fraction of sp³-hybridized carbons (Fsp3) is 0.733. The highest BCUT2D eigenvalue weighted by molar-refractivity contribution is 5.34. The van der Waals surface area contributed by atoms with E-state index in [2.05, 4.69) is 24.5 Å². The van der Waals surface area contributed by atoms with Crippen molar-refractivity contribution in [2.45, 2.75) is 70.4 Å². The van der Waals surface area contributed by atoms with Crippen molar-refractivity contribution in [1.82, 2.24) is 4.57 Å². The molecule has 1 saturated carbocycles. The van der Waals surface area contributed by atoms with Gasteiger partial charge in [0.25, 0.3) is 0 Å². The molecular weight excluding hydrogens is 210 g/mol. The predicted molar refractivity (Wildman–Crippen MR) is 69.2 cm³/mol. The number of aromatic nitrogens is 1. The average molecular weight is 233 g/mol. The van der Waals surface area contributed by atoms with Crippen molar-refractivity contribution in [3.8, 4) is 0 Å². The van der Waals surface area contributed by atoms with E-state index in [1.807, 2.05) is 0 Å². The van der Waals surface area contributed by atoms with Gasteiger partial charge in [-0.05, 0) is 57.9 Å². The van der Waals surface area contributed by atoms with Gasteiger partial charge >= 0.3 is 0 Å². The molecule has 2 nitrogen and oxygen atoms in total. The molecule has 2 aliphatic carbocycles. The van der Waals surface area contributed by atoms with Gasteiger partial charge in [-0.1, -0.05) is 6.92 Å². The van der Waals surface area contributed by atoms with Gasteiger partial charge in [0.2, 0.25) is 0 Å². The second-order valence-electron chi connectivity index (χ2n) is 5.86. The monoisotopic (exact) mass is 233 g/mol. The average Bonchev–Trinajstić information content (AvgIpc) is 2.58. The zero-order chi connectivity index (χ0) is 12.0. The lowest BCUT2D eigenvalue weighted by Gasteiger charge is -2.45. The molecule has 1 heterocycles. The van der Waals surface area contributed by atoms with Crippen molar-refractivity contribution in [2.24, 2.45) is 0 Å². The largest absolute Gasteiger partial charge is 0.388 e. The minimum Gasteiger partial charge on any atom is -0.388 e. The number of aliphatic hydroxyl groups is 1. The highest BCUT2D eigenvalue weighted by Crippen LogP contribution is 2.46. The van der Waals surface area contributed by atoms with Crippen LogP contribution < -0.4 is 0 Å². The van der Waals surface area contributed by atoms with Crippen LogP contribution in [0.3, 0.4) is 0 Å². The Morgan fingerprint density at radius 2 is 2.18 bits per heavy atom. The van der Waals surface area contributed by atoms with E-state index in [9.17, 15) is 5.11 Å². The Morgan fingerprint density at radius 3 is 2.76 bits per heavy atom. The van der Waals surface area contributed by atoms with E-state index in [0.29, 0.717) is 5.54 Å². The van der Waals surface area contributed by atoms with Crippen LogP contribution in [-0.4, -0.2) is 9.67 Å². The van der Waals surface area contributed by atoms with Gasteiger partial charge < -0.3 is 9.67 Å². The van der Waals surface area contributed by atoms with Crippen LogP contribution in [0.4, 0.5) is 0 Å². The Bertz CT molecular complexity index is 423. The zero-order valence-electron chi connectivity index (χ0n) is 11.0.